The number of urea groups is 1. The molecule has 5 amide bonds. The van der Waals surface area contributed by atoms with Crippen LogP contribution < -0.4 is 10.6 Å². The maximum atomic E-state index is 12.8. The standard InChI is InChI=1S/C20H23N5O4/c26-17(10-13-12-21-15-5-2-1-4-14(13)15)24-6-3-7-25(9-8-24)18(27)11-16-19(28)23-20(29)22-16/h1-2,4-5,12,16,21H,3,6-11H2,(H2,22,23,28,29). The van der Waals surface area contributed by atoms with E-state index in [1.165, 1.54) is 0 Å². The van der Waals surface area contributed by atoms with Gasteiger partial charge in [-0.15, -0.1) is 0 Å². The molecule has 9 nitrogen and oxygen atoms in total. The lowest BCUT2D eigenvalue weighted by Gasteiger charge is -2.23. The molecule has 1 atom stereocenters. The molecule has 9 heteroatoms. The summed E-state index contributed by atoms with van der Waals surface area (Å²) in [4.78, 5) is 54.8. The van der Waals surface area contributed by atoms with E-state index in [-0.39, 0.29) is 18.2 Å². The summed E-state index contributed by atoms with van der Waals surface area (Å²) in [5.41, 5.74) is 1.97. The highest BCUT2D eigenvalue weighted by Gasteiger charge is 2.33. The smallest absolute Gasteiger partial charge is 0.322 e. The molecule has 4 rings (SSSR count). The lowest BCUT2D eigenvalue weighted by atomic mass is 10.1. The van der Waals surface area contributed by atoms with Crippen LogP contribution in [0.2, 0.25) is 0 Å². The van der Waals surface area contributed by atoms with E-state index < -0.39 is 18.0 Å². The topological polar surface area (TPSA) is 115 Å². The number of aromatic amines is 1. The molecule has 2 fully saturated rings. The molecular weight excluding hydrogens is 374 g/mol. The molecule has 0 spiro atoms. The van der Waals surface area contributed by atoms with Gasteiger partial charge in [0.25, 0.3) is 5.91 Å². The summed E-state index contributed by atoms with van der Waals surface area (Å²) in [5, 5.41) is 5.61. The first kappa shape index (κ1) is 19.0. The molecule has 0 saturated carbocycles. The van der Waals surface area contributed by atoms with Gasteiger partial charge in [0.05, 0.1) is 12.8 Å². The van der Waals surface area contributed by atoms with Crippen LogP contribution in [0.1, 0.15) is 18.4 Å². The fraction of sp³-hybridized carbons (Fsp3) is 0.400. The van der Waals surface area contributed by atoms with E-state index in [0.717, 1.165) is 16.5 Å². The van der Waals surface area contributed by atoms with Crippen molar-refractivity contribution in [3.05, 3.63) is 36.0 Å². The average molecular weight is 397 g/mol. The molecule has 0 bridgehead atoms. The molecule has 1 aromatic carbocycles. The Morgan fingerprint density at radius 3 is 2.45 bits per heavy atom. The Hall–Kier alpha value is -3.36. The molecule has 2 aromatic rings. The number of nitrogens with one attached hydrogen (secondary N) is 3. The first-order valence-electron chi connectivity index (χ1n) is 9.73. The number of fused-ring (bicyclic) bond motifs is 1. The molecule has 1 unspecified atom stereocenters. The zero-order valence-corrected chi connectivity index (χ0v) is 15.9. The number of H-pyrrole nitrogens is 1. The molecule has 2 aliphatic heterocycles. The average Bonchev–Trinajstić information content (AvgIpc) is 3.13. The first-order valence-corrected chi connectivity index (χ1v) is 9.73. The Bertz CT molecular complexity index is 969. The quantitative estimate of drug-likeness (QED) is 0.647. The van der Waals surface area contributed by atoms with Crippen LogP contribution in [0, 0.1) is 0 Å². The predicted molar refractivity (Wildman–Crippen MR) is 105 cm³/mol. The van der Waals surface area contributed by atoms with Crippen molar-refractivity contribution in [2.75, 3.05) is 26.2 Å². The monoisotopic (exact) mass is 397 g/mol. The molecule has 1 aromatic heterocycles. The third-order valence-corrected chi connectivity index (χ3v) is 5.46. The van der Waals surface area contributed by atoms with Crippen LogP contribution in [0.25, 0.3) is 10.9 Å². The summed E-state index contributed by atoms with van der Waals surface area (Å²) in [5.74, 6) is -0.640. The van der Waals surface area contributed by atoms with Gasteiger partial charge in [0.15, 0.2) is 0 Å². The number of hydrogen-bond acceptors (Lipinski definition) is 4. The predicted octanol–water partition coefficient (Wildman–Crippen LogP) is 0.369. The summed E-state index contributed by atoms with van der Waals surface area (Å²) in [6.45, 7) is 1.99. The second-order valence-electron chi connectivity index (χ2n) is 7.37. The largest absolute Gasteiger partial charge is 0.361 e. The van der Waals surface area contributed by atoms with Crippen molar-refractivity contribution in [2.24, 2.45) is 0 Å². The summed E-state index contributed by atoms with van der Waals surface area (Å²) < 4.78 is 0. The van der Waals surface area contributed by atoms with Gasteiger partial charge in [-0.25, -0.2) is 4.79 Å². The third-order valence-electron chi connectivity index (χ3n) is 5.46. The van der Waals surface area contributed by atoms with E-state index in [4.69, 9.17) is 0 Å². The molecule has 3 heterocycles. The van der Waals surface area contributed by atoms with Crippen molar-refractivity contribution >= 4 is 34.7 Å². The lowest BCUT2D eigenvalue weighted by molar-refractivity contribution is -0.134. The van der Waals surface area contributed by atoms with Crippen LogP contribution >= 0.6 is 0 Å². The lowest BCUT2D eigenvalue weighted by Crippen LogP contribution is -2.41. The Morgan fingerprint density at radius 2 is 1.72 bits per heavy atom. The summed E-state index contributed by atoms with van der Waals surface area (Å²) >= 11 is 0. The van der Waals surface area contributed by atoms with Crippen molar-refractivity contribution in [3.8, 4) is 0 Å². The van der Waals surface area contributed by atoms with Gasteiger partial charge in [-0.2, -0.15) is 0 Å². The zero-order chi connectivity index (χ0) is 20.4. The van der Waals surface area contributed by atoms with Crippen molar-refractivity contribution in [1.29, 1.82) is 0 Å². The highest BCUT2D eigenvalue weighted by Crippen LogP contribution is 2.19. The number of imide groups is 1. The number of carbonyl (C=O) groups excluding carboxylic acids is 4. The van der Waals surface area contributed by atoms with Crippen molar-refractivity contribution in [2.45, 2.75) is 25.3 Å². The van der Waals surface area contributed by atoms with Gasteiger partial charge in [0.2, 0.25) is 11.8 Å². The molecule has 3 N–H and O–H groups in total. The molecule has 2 saturated heterocycles. The van der Waals surface area contributed by atoms with Crippen LogP contribution in [0.4, 0.5) is 4.79 Å². The third kappa shape index (κ3) is 4.08. The number of rotatable bonds is 4. The summed E-state index contributed by atoms with van der Waals surface area (Å²) in [6, 6.07) is 6.48. The molecular formula is C20H23N5O4. The highest BCUT2D eigenvalue weighted by molar-refractivity contribution is 6.05. The SMILES string of the molecule is O=C1NC(=O)C(CC(=O)N2CCCN(C(=O)Cc3c[nH]c4ccccc34)CC2)N1. The molecule has 0 radical (unpaired) electrons. The number of amides is 5. The molecule has 29 heavy (non-hydrogen) atoms. The minimum atomic E-state index is -0.821. The van der Waals surface area contributed by atoms with Crippen LogP contribution in [-0.2, 0) is 20.8 Å². The minimum absolute atomic E-state index is 0.0338. The van der Waals surface area contributed by atoms with Gasteiger partial charge >= 0.3 is 6.03 Å². The Morgan fingerprint density at radius 1 is 1.00 bits per heavy atom. The van der Waals surface area contributed by atoms with E-state index in [1.54, 1.807) is 9.80 Å². The van der Waals surface area contributed by atoms with Gasteiger partial charge in [-0.05, 0) is 18.1 Å². The zero-order valence-electron chi connectivity index (χ0n) is 15.9. The second kappa shape index (κ2) is 7.94. The van der Waals surface area contributed by atoms with Gasteiger partial charge in [0, 0.05) is 43.3 Å². The van der Waals surface area contributed by atoms with E-state index in [9.17, 15) is 19.2 Å². The minimum Gasteiger partial charge on any atom is -0.361 e. The fourth-order valence-electron chi connectivity index (χ4n) is 3.88. The number of hydrogen-bond donors (Lipinski definition) is 3. The van der Waals surface area contributed by atoms with Gasteiger partial charge in [-0.3, -0.25) is 19.7 Å². The van der Waals surface area contributed by atoms with E-state index >= 15 is 0 Å². The number of nitrogens with zero attached hydrogens (tertiary/aromatic N) is 2. The summed E-state index contributed by atoms with van der Waals surface area (Å²) in [7, 11) is 0. The number of benzene rings is 1. The Kier molecular flexibility index (Phi) is 5.20. The van der Waals surface area contributed by atoms with E-state index in [1.807, 2.05) is 30.5 Å². The highest BCUT2D eigenvalue weighted by atomic mass is 16.2. The Labute approximate surface area is 167 Å². The fourth-order valence-corrected chi connectivity index (χ4v) is 3.88. The van der Waals surface area contributed by atoms with Crippen LogP contribution in [0.15, 0.2) is 30.5 Å². The van der Waals surface area contributed by atoms with Gasteiger partial charge < -0.3 is 20.1 Å². The van der Waals surface area contributed by atoms with E-state index in [2.05, 4.69) is 15.6 Å². The van der Waals surface area contributed by atoms with Crippen LogP contribution in [0.3, 0.4) is 0 Å². The maximum Gasteiger partial charge on any atom is 0.322 e. The van der Waals surface area contributed by atoms with Gasteiger partial charge in [0.1, 0.15) is 6.04 Å². The second-order valence-corrected chi connectivity index (χ2v) is 7.37. The van der Waals surface area contributed by atoms with Crippen molar-refractivity contribution < 1.29 is 19.2 Å². The van der Waals surface area contributed by atoms with Crippen molar-refractivity contribution in [1.82, 2.24) is 25.4 Å². The number of carbonyl (C=O) groups is 4. The first-order chi connectivity index (χ1) is 14.0. The molecule has 152 valence electrons. The van der Waals surface area contributed by atoms with Crippen molar-refractivity contribution in [3.63, 3.8) is 0 Å². The van der Waals surface area contributed by atoms with Gasteiger partial charge in [-0.1, -0.05) is 18.2 Å². The van der Waals surface area contributed by atoms with Crippen LogP contribution in [-0.4, -0.2) is 70.8 Å². The summed E-state index contributed by atoms with van der Waals surface area (Å²) in [6.07, 6.45) is 2.79. The molecule has 2 aliphatic rings. The van der Waals surface area contributed by atoms with Crippen LogP contribution in [0.5, 0.6) is 0 Å². The number of para-hydroxylation sites is 1. The van der Waals surface area contributed by atoms with E-state index in [0.29, 0.717) is 39.0 Å². The normalized spacial score (nSPS) is 19.8. The maximum absolute atomic E-state index is 12.8. The Balaban J connectivity index is 1.33. The molecule has 0 aliphatic carbocycles. The number of aromatic nitrogens is 1.